The van der Waals surface area contributed by atoms with Gasteiger partial charge in [-0.25, -0.2) is 4.79 Å². The van der Waals surface area contributed by atoms with Gasteiger partial charge in [0.25, 0.3) is 0 Å². The van der Waals surface area contributed by atoms with Gasteiger partial charge in [0.05, 0.1) is 5.56 Å². The summed E-state index contributed by atoms with van der Waals surface area (Å²) in [6, 6.07) is 6.57. The van der Waals surface area contributed by atoms with Crippen molar-refractivity contribution in [3.8, 4) is 11.1 Å². The van der Waals surface area contributed by atoms with E-state index in [4.69, 9.17) is 22.4 Å². The van der Waals surface area contributed by atoms with Crippen LogP contribution in [0.4, 0.5) is 5.88 Å². The van der Waals surface area contributed by atoms with E-state index >= 15 is 0 Å². The van der Waals surface area contributed by atoms with Gasteiger partial charge in [-0.1, -0.05) is 28.9 Å². The van der Waals surface area contributed by atoms with E-state index in [1.165, 1.54) is 0 Å². The summed E-state index contributed by atoms with van der Waals surface area (Å²) in [5, 5.41) is 12.8. The predicted octanol–water partition coefficient (Wildman–Crippen LogP) is 2.28. The maximum absolute atomic E-state index is 10.9. The third kappa shape index (κ3) is 1.72. The zero-order chi connectivity index (χ0) is 11.7. The molecule has 0 aliphatic heterocycles. The van der Waals surface area contributed by atoms with Gasteiger partial charge >= 0.3 is 5.97 Å². The number of halogens is 1. The van der Waals surface area contributed by atoms with Crippen LogP contribution in [0.2, 0.25) is 5.02 Å². The first kappa shape index (κ1) is 10.5. The molecule has 1 heterocycles. The summed E-state index contributed by atoms with van der Waals surface area (Å²) in [5.74, 6) is -1.22. The molecule has 0 saturated carbocycles. The Balaban J connectivity index is 2.58. The fraction of sp³-hybridized carbons (Fsp3) is 0. The number of nitrogens with two attached hydrogens (primary N) is 1. The Morgan fingerprint density at radius 3 is 2.56 bits per heavy atom. The highest BCUT2D eigenvalue weighted by Crippen LogP contribution is 2.30. The van der Waals surface area contributed by atoms with Gasteiger partial charge in [0, 0.05) is 5.02 Å². The SMILES string of the molecule is Nc1onc(C(=O)O)c1-c1ccc(Cl)cc1. The lowest BCUT2D eigenvalue weighted by atomic mass is 10.1. The van der Waals surface area contributed by atoms with E-state index in [0.29, 0.717) is 10.6 Å². The monoisotopic (exact) mass is 238 g/mol. The van der Waals surface area contributed by atoms with E-state index in [-0.39, 0.29) is 17.1 Å². The molecule has 1 aromatic heterocycles. The lowest BCUT2D eigenvalue weighted by molar-refractivity contribution is 0.0686. The Labute approximate surface area is 95.4 Å². The molecule has 0 spiro atoms. The molecule has 0 aliphatic carbocycles. The topological polar surface area (TPSA) is 89.4 Å². The minimum Gasteiger partial charge on any atom is -0.476 e. The standard InChI is InChI=1S/C10H7ClN2O3/c11-6-3-1-5(2-4-6)7-8(10(14)15)13-16-9(7)12/h1-4H,12H2,(H,14,15). The van der Waals surface area contributed by atoms with Crippen LogP contribution in [-0.2, 0) is 0 Å². The largest absolute Gasteiger partial charge is 0.476 e. The van der Waals surface area contributed by atoms with E-state index in [0.717, 1.165) is 0 Å². The van der Waals surface area contributed by atoms with E-state index in [1.807, 2.05) is 0 Å². The quantitative estimate of drug-likeness (QED) is 0.838. The molecule has 2 rings (SSSR count). The number of hydrogen-bond donors (Lipinski definition) is 2. The zero-order valence-corrected chi connectivity index (χ0v) is 8.73. The Morgan fingerprint density at radius 1 is 1.38 bits per heavy atom. The van der Waals surface area contributed by atoms with Crippen LogP contribution < -0.4 is 5.73 Å². The Hall–Kier alpha value is -2.01. The number of carboxylic acid groups (broad SMARTS) is 1. The Bertz CT molecular complexity index is 533. The number of nitrogens with zero attached hydrogens (tertiary/aromatic N) is 1. The van der Waals surface area contributed by atoms with Crippen LogP contribution >= 0.6 is 11.6 Å². The maximum Gasteiger partial charge on any atom is 0.358 e. The molecule has 0 saturated heterocycles. The van der Waals surface area contributed by atoms with Crippen LogP contribution in [0.3, 0.4) is 0 Å². The van der Waals surface area contributed by atoms with Gasteiger partial charge in [-0.2, -0.15) is 0 Å². The molecule has 0 bridgehead atoms. The van der Waals surface area contributed by atoms with Gasteiger partial charge in [-0.05, 0) is 17.7 Å². The number of carboxylic acids is 1. The fourth-order valence-electron chi connectivity index (χ4n) is 1.34. The number of rotatable bonds is 2. The highest BCUT2D eigenvalue weighted by Gasteiger charge is 2.20. The third-order valence-electron chi connectivity index (χ3n) is 2.05. The fourth-order valence-corrected chi connectivity index (χ4v) is 1.47. The van der Waals surface area contributed by atoms with Crippen LogP contribution in [0, 0.1) is 0 Å². The van der Waals surface area contributed by atoms with Crippen LogP contribution in [0.15, 0.2) is 28.8 Å². The second-order valence-corrected chi connectivity index (χ2v) is 3.52. The molecule has 2 aromatic rings. The highest BCUT2D eigenvalue weighted by molar-refractivity contribution is 6.30. The smallest absolute Gasteiger partial charge is 0.358 e. The molecule has 0 atom stereocenters. The molecule has 0 radical (unpaired) electrons. The lowest BCUT2D eigenvalue weighted by Gasteiger charge is -1.99. The molecule has 82 valence electrons. The Morgan fingerprint density at radius 2 is 2.00 bits per heavy atom. The van der Waals surface area contributed by atoms with Crippen molar-refractivity contribution in [1.29, 1.82) is 0 Å². The summed E-state index contributed by atoms with van der Waals surface area (Å²) in [5.41, 5.74) is 6.18. The van der Waals surface area contributed by atoms with Gasteiger partial charge in [0.1, 0.15) is 0 Å². The van der Waals surface area contributed by atoms with Gasteiger partial charge in [-0.15, -0.1) is 0 Å². The maximum atomic E-state index is 10.9. The minimum atomic E-state index is -1.19. The van der Waals surface area contributed by atoms with Crippen molar-refractivity contribution in [2.24, 2.45) is 0 Å². The summed E-state index contributed by atoms with van der Waals surface area (Å²) >= 11 is 5.73. The number of carbonyl (C=O) groups is 1. The first-order chi connectivity index (χ1) is 7.59. The molecule has 0 aliphatic rings. The predicted molar refractivity (Wildman–Crippen MR) is 58.3 cm³/mol. The van der Waals surface area contributed by atoms with Crippen molar-refractivity contribution in [3.63, 3.8) is 0 Å². The minimum absolute atomic E-state index is 0.0280. The molecule has 6 heteroatoms. The summed E-state index contributed by atoms with van der Waals surface area (Å²) < 4.78 is 4.66. The average Bonchev–Trinajstić information content (AvgIpc) is 2.62. The van der Waals surface area contributed by atoms with E-state index in [1.54, 1.807) is 24.3 Å². The molecule has 3 N–H and O–H groups in total. The van der Waals surface area contributed by atoms with Crippen LogP contribution in [0.25, 0.3) is 11.1 Å². The number of hydrogen-bond acceptors (Lipinski definition) is 4. The van der Waals surface area contributed by atoms with Crippen LogP contribution in [-0.4, -0.2) is 16.2 Å². The van der Waals surface area contributed by atoms with E-state index in [9.17, 15) is 4.79 Å². The van der Waals surface area contributed by atoms with Crippen molar-refractivity contribution in [2.75, 3.05) is 5.73 Å². The van der Waals surface area contributed by atoms with Crippen molar-refractivity contribution in [1.82, 2.24) is 5.16 Å². The molecule has 0 fully saturated rings. The number of benzene rings is 1. The van der Waals surface area contributed by atoms with Gasteiger partial charge in [0.15, 0.2) is 0 Å². The number of aromatic carboxylic acids is 1. The zero-order valence-electron chi connectivity index (χ0n) is 7.98. The number of nitrogen functional groups attached to an aromatic ring is 1. The molecule has 0 amide bonds. The first-order valence-corrected chi connectivity index (χ1v) is 4.72. The average molecular weight is 239 g/mol. The van der Waals surface area contributed by atoms with Gasteiger partial charge < -0.3 is 15.4 Å². The van der Waals surface area contributed by atoms with Crippen molar-refractivity contribution < 1.29 is 14.4 Å². The highest BCUT2D eigenvalue weighted by atomic mass is 35.5. The third-order valence-corrected chi connectivity index (χ3v) is 2.31. The van der Waals surface area contributed by atoms with E-state index in [2.05, 4.69) is 9.68 Å². The van der Waals surface area contributed by atoms with Crippen molar-refractivity contribution in [2.45, 2.75) is 0 Å². The normalized spacial score (nSPS) is 10.3. The lowest BCUT2D eigenvalue weighted by Crippen LogP contribution is -1.99. The van der Waals surface area contributed by atoms with Gasteiger partial charge in [0.2, 0.25) is 11.6 Å². The second kappa shape index (κ2) is 3.86. The molecule has 16 heavy (non-hydrogen) atoms. The molecule has 0 unspecified atom stereocenters. The Kier molecular flexibility index (Phi) is 2.54. The summed E-state index contributed by atoms with van der Waals surface area (Å²) in [4.78, 5) is 10.9. The van der Waals surface area contributed by atoms with Crippen LogP contribution in [0.5, 0.6) is 0 Å². The molecular formula is C10H7ClN2O3. The summed E-state index contributed by atoms with van der Waals surface area (Å²) in [7, 11) is 0. The van der Waals surface area contributed by atoms with Crippen molar-refractivity contribution in [3.05, 3.63) is 35.0 Å². The second-order valence-electron chi connectivity index (χ2n) is 3.08. The summed E-state index contributed by atoms with van der Waals surface area (Å²) in [6.45, 7) is 0. The van der Waals surface area contributed by atoms with E-state index < -0.39 is 5.97 Å². The molecule has 5 nitrogen and oxygen atoms in total. The van der Waals surface area contributed by atoms with Crippen LogP contribution in [0.1, 0.15) is 10.5 Å². The number of anilines is 1. The van der Waals surface area contributed by atoms with Gasteiger partial charge in [-0.3, -0.25) is 0 Å². The number of aromatic nitrogens is 1. The molecular weight excluding hydrogens is 232 g/mol. The summed E-state index contributed by atoms with van der Waals surface area (Å²) in [6.07, 6.45) is 0. The first-order valence-electron chi connectivity index (χ1n) is 4.34. The molecule has 1 aromatic carbocycles. The van der Waals surface area contributed by atoms with Crippen molar-refractivity contribution >= 4 is 23.5 Å².